The summed E-state index contributed by atoms with van der Waals surface area (Å²) in [5.74, 6) is -0.707. The lowest BCUT2D eigenvalue weighted by molar-refractivity contribution is 0.0825. The van der Waals surface area contributed by atoms with Crippen LogP contribution in [0.1, 0.15) is 16.1 Å². The normalized spacial score (nSPS) is 13.0. The van der Waals surface area contributed by atoms with Crippen molar-refractivity contribution < 1.29 is 14.0 Å². The largest absolute Gasteiger partial charge is 0.336 e. The smallest absolute Gasteiger partial charge is 0.267 e. The van der Waals surface area contributed by atoms with Crippen molar-refractivity contribution in [3.8, 4) is 22.3 Å². The van der Waals surface area contributed by atoms with E-state index in [1.165, 1.54) is 21.6 Å². The standard InChI is InChI=1S/C24H16FN3O2/c25-19-8-6-17(7-9-19)20-15-27-22(21(20)18-10-12-26-13-11-18)23(29)28(24(27)30)14-16-4-2-1-3-5-16/h1-13,15H,14H2. The molecule has 146 valence electrons. The van der Waals surface area contributed by atoms with Gasteiger partial charge in [0.15, 0.2) is 0 Å². The van der Waals surface area contributed by atoms with Gasteiger partial charge in [-0.2, -0.15) is 0 Å². The number of fused-ring (bicyclic) bond motifs is 1. The molecule has 0 bridgehead atoms. The maximum atomic E-state index is 13.4. The SMILES string of the molecule is O=C1c2c(-c3ccncc3)c(-c3ccc(F)cc3)cn2C(=O)N1Cc1ccccc1. The number of benzene rings is 2. The van der Waals surface area contributed by atoms with Gasteiger partial charge in [0.1, 0.15) is 11.5 Å². The lowest BCUT2D eigenvalue weighted by Gasteiger charge is -2.14. The number of carbonyl (C=O) groups excluding carboxylic acids is 2. The highest BCUT2D eigenvalue weighted by atomic mass is 19.1. The highest BCUT2D eigenvalue weighted by Crippen LogP contribution is 2.39. The number of halogens is 1. The van der Waals surface area contributed by atoms with Crippen molar-refractivity contribution in [1.29, 1.82) is 0 Å². The minimum atomic E-state index is -0.400. The molecule has 3 heterocycles. The van der Waals surface area contributed by atoms with E-state index < -0.39 is 6.03 Å². The molecule has 1 aliphatic rings. The van der Waals surface area contributed by atoms with Crippen LogP contribution < -0.4 is 0 Å². The molecule has 2 aromatic carbocycles. The molecule has 4 aromatic rings. The fourth-order valence-corrected chi connectivity index (χ4v) is 3.78. The molecule has 5 nitrogen and oxygen atoms in total. The molecule has 5 rings (SSSR count). The van der Waals surface area contributed by atoms with Crippen LogP contribution in [-0.2, 0) is 6.54 Å². The maximum absolute atomic E-state index is 13.4. The lowest BCUT2D eigenvalue weighted by atomic mass is 9.97. The Kier molecular flexibility index (Phi) is 4.25. The van der Waals surface area contributed by atoms with E-state index in [-0.39, 0.29) is 18.3 Å². The average molecular weight is 397 g/mol. The summed E-state index contributed by atoms with van der Waals surface area (Å²) in [6, 6.07) is 18.6. The van der Waals surface area contributed by atoms with E-state index in [0.717, 1.165) is 16.7 Å². The zero-order valence-corrected chi connectivity index (χ0v) is 15.8. The Labute approximate surface area is 172 Å². The van der Waals surface area contributed by atoms with Gasteiger partial charge in [0, 0.05) is 29.7 Å². The van der Waals surface area contributed by atoms with Gasteiger partial charge in [0.25, 0.3) is 5.91 Å². The van der Waals surface area contributed by atoms with Gasteiger partial charge in [0.2, 0.25) is 0 Å². The molecule has 0 unspecified atom stereocenters. The van der Waals surface area contributed by atoms with Crippen LogP contribution in [0, 0.1) is 5.82 Å². The molecule has 6 heteroatoms. The van der Waals surface area contributed by atoms with E-state index in [9.17, 15) is 14.0 Å². The predicted molar refractivity (Wildman–Crippen MR) is 110 cm³/mol. The number of imide groups is 1. The third-order valence-electron chi connectivity index (χ3n) is 5.20. The molecule has 0 fully saturated rings. The summed E-state index contributed by atoms with van der Waals surface area (Å²) in [7, 11) is 0. The number of hydrogen-bond acceptors (Lipinski definition) is 3. The molecule has 30 heavy (non-hydrogen) atoms. The Balaban J connectivity index is 1.65. The second kappa shape index (κ2) is 7.08. The van der Waals surface area contributed by atoms with Crippen molar-refractivity contribution in [2.45, 2.75) is 6.54 Å². The van der Waals surface area contributed by atoms with Gasteiger partial charge in [0.05, 0.1) is 6.54 Å². The third kappa shape index (κ3) is 2.90. The fourth-order valence-electron chi connectivity index (χ4n) is 3.78. The van der Waals surface area contributed by atoms with E-state index in [0.29, 0.717) is 16.8 Å². The van der Waals surface area contributed by atoms with E-state index in [1.54, 1.807) is 42.9 Å². The zero-order chi connectivity index (χ0) is 20.7. The topological polar surface area (TPSA) is 55.2 Å². The van der Waals surface area contributed by atoms with Crippen LogP contribution in [0.3, 0.4) is 0 Å². The quantitative estimate of drug-likeness (QED) is 0.488. The van der Waals surface area contributed by atoms with Gasteiger partial charge < -0.3 is 0 Å². The van der Waals surface area contributed by atoms with Crippen LogP contribution in [0.4, 0.5) is 9.18 Å². The number of aromatic nitrogens is 2. The van der Waals surface area contributed by atoms with Crippen LogP contribution in [0.2, 0.25) is 0 Å². The molecule has 0 spiro atoms. The first-order chi connectivity index (χ1) is 14.6. The molecule has 0 atom stereocenters. The first kappa shape index (κ1) is 18.0. The molecule has 0 saturated carbocycles. The number of amides is 2. The molecule has 2 amide bonds. The Morgan fingerprint density at radius 1 is 0.833 bits per heavy atom. The Hall–Kier alpha value is -4.06. The van der Waals surface area contributed by atoms with Crippen LogP contribution >= 0.6 is 0 Å². The first-order valence-corrected chi connectivity index (χ1v) is 9.45. The maximum Gasteiger partial charge on any atom is 0.336 e. The van der Waals surface area contributed by atoms with Crippen molar-refractivity contribution in [3.63, 3.8) is 0 Å². The predicted octanol–water partition coefficient (Wildman–Crippen LogP) is 4.98. The van der Waals surface area contributed by atoms with E-state index in [4.69, 9.17) is 0 Å². The molecule has 0 radical (unpaired) electrons. The van der Waals surface area contributed by atoms with Crippen molar-refractivity contribution in [2.24, 2.45) is 0 Å². The minimum Gasteiger partial charge on any atom is -0.267 e. The Morgan fingerprint density at radius 3 is 2.23 bits per heavy atom. The Bertz CT molecular complexity index is 1250. The molecule has 0 saturated heterocycles. The molecular weight excluding hydrogens is 381 g/mol. The van der Waals surface area contributed by atoms with Crippen molar-refractivity contribution in [3.05, 3.63) is 102 Å². The summed E-state index contributed by atoms with van der Waals surface area (Å²) in [6.07, 6.45) is 4.93. The highest BCUT2D eigenvalue weighted by molar-refractivity contribution is 6.17. The van der Waals surface area contributed by atoms with Crippen LogP contribution in [0.15, 0.2) is 85.3 Å². The highest BCUT2D eigenvalue weighted by Gasteiger charge is 2.39. The van der Waals surface area contributed by atoms with Crippen molar-refractivity contribution in [1.82, 2.24) is 14.5 Å². The first-order valence-electron chi connectivity index (χ1n) is 9.45. The number of carbonyl (C=O) groups is 2. The van der Waals surface area contributed by atoms with Gasteiger partial charge in [-0.05, 0) is 41.0 Å². The van der Waals surface area contributed by atoms with Crippen LogP contribution in [0.5, 0.6) is 0 Å². The van der Waals surface area contributed by atoms with Gasteiger partial charge >= 0.3 is 6.03 Å². The van der Waals surface area contributed by atoms with E-state index >= 15 is 0 Å². The molecule has 0 N–H and O–H groups in total. The van der Waals surface area contributed by atoms with E-state index in [1.807, 2.05) is 30.3 Å². The average Bonchev–Trinajstić information content (AvgIpc) is 3.28. The van der Waals surface area contributed by atoms with E-state index in [2.05, 4.69) is 4.98 Å². The second-order valence-electron chi connectivity index (χ2n) is 7.04. The summed E-state index contributed by atoms with van der Waals surface area (Å²) < 4.78 is 14.8. The van der Waals surface area contributed by atoms with Gasteiger partial charge in [-0.25, -0.2) is 9.18 Å². The van der Waals surface area contributed by atoms with Gasteiger partial charge in [-0.3, -0.25) is 19.2 Å². The monoisotopic (exact) mass is 397 g/mol. The number of nitrogens with zero attached hydrogens (tertiary/aromatic N) is 3. The molecular formula is C24H16FN3O2. The summed E-state index contributed by atoms with van der Waals surface area (Å²) >= 11 is 0. The molecule has 1 aliphatic heterocycles. The molecule has 2 aromatic heterocycles. The summed E-state index contributed by atoms with van der Waals surface area (Å²) in [4.78, 5) is 31.7. The van der Waals surface area contributed by atoms with Gasteiger partial charge in [-0.1, -0.05) is 42.5 Å². The van der Waals surface area contributed by atoms with Crippen molar-refractivity contribution in [2.75, 3.05) is 0 Å². The number of hydrogen-bond donors (Lipinski definition) is 0. The zero-order valence-electron chi connectivity index (χ0n) is 15.8. The second-order valence-corrected chi connectivity index (χ2v) is 7.04. The van der Waals surface area contributed by atoms with Gasteiger partial charge in [-0.15, -0.1) is 0 Å². The fraction of sp³-hybridized carbons (Fsp3) is 0.0417. The molecule has 0 aliphatic carbocycles. The Morgan fingerprint density at radius 2 is 1.53 bits per heavy atom. The summed E-state index contributed by atoms with van der Waals surface area (Å²) in [5, 5.41) is 0. The summed E-state index contributed by atoms with van der Waals surface area (Å²) in [5.41, 5.74) is 3.99. The minimum absolute atomic E-state index is 0.196. The van der Waals surface area contributed by atoms with Crippen molar-refractivity contribution >= 4 is 11.9 Å². The number of rotatable bonds is 4. The van der Waals surface area contributed by atoms with Crippen LogP contribution in [0.25, 0.3) is 22.3 Å². The number of pyridine rings is 1. The van der Waals surface area contributed by atoms with Crippen LogP contribution in [-0.4, -0.2) is 26.4 Å². The lowest BCUT2D eigenvalue weighted by Crippen LogP contribution is -2.30. The third-order valence-corrected chi connectivity index (χ3v) is 5.20. The summed E-state index contributed by atoms with van der Waals surface area (Å²) in [6.45, 7) is 0.196.